The first-order valence-corrected chi connectivity index (χ1v) is 9.20. The summed E-state index contributed by atoms with van der Waals surface area (Å²) in [7, 11) is 0. The van der Waals surface area contributed by atoms with Gasteiger partial charge in [-0.1, -0.05) is 18.2 Å². The first-order chi connectivity index (χ1) is 14.3. The van der Waals surface area contributed by atoms with Crippen LogP contribution in [0.5, 0.6) is 0 Å². The molecule has 158 valence electrons. The summed E-state index contributed by atoms with van der Waals surface area (Å²) < 4.78 is 43.6. The van der Waals surface area contributed by atoms with E-state index in [0.717, 1.165) is 17.7 Å². The average molecular weight is 419 g/mol. The number of aromatic nitrogens is 2. The van der Waals surface area contributed by atoms with Gasteiger partial charge in [0.05, 0.1) is 42.3 Å². The van der Waals surface area contributed by atoms with Crippen LogP contribution >= 0.6 is 0 Å². The van der Waals surface area contributed by atoms with Gasteiger partial charge in [0, 0.05) is 11.8 Å². The largest absolute Gasteiger partial charge is 0.440 e. The van der Waals surface area contributed by atoms with Crippen LogP contribution in [-0.2, 0) is 12.6 Å². The Balaban J connectivity index is 1.62. The fourth-order valence-corrected chi connectivity index (χ4v) is 2.76. The Morgan fingerprint density at radius 3 is 2.40 bits per heavy atom. The molecule has 2 aromatic heterocycles. The molecule has 0 aliphatic rings. The third kappa shape index (κ3) is 5.52. The zero-order valence-electron chi connectivity index (χ0n) is 15.9. The lowest BCUT2D eigenvalue weighted by molar-refractivity contribution is -0.137. The lowest BCUT2D eigenvalue weighted by Gasteiger charge is -2.08. The number of rotatable bonds is 8. The molecule has 0 saturated carbocycles. The molecule has 0 aliphatic heterocycles. The van der Waals surface area contributed by atoms with E-state index in [1.807, 2.05) is 0 Å². The van der Waals surface area contributed by atoms with Crippen molar-refractivity contribution in [2.45, 2.75) is 31.5 Å². The SMILES string of the molecule is N=C(CCC(O)CO)c1ccc(Cc2ncc(-c3ccc(C(F)(F)F)cc3)o2)cn1. The number of nitrogens with zero attached hydrogens (tertiary/aromatic N) is 2. The fraction of sp³-hybridized carbons (Fsp3) is 0.286. The molecule has 9 heteroatoms. The number of aliphatic hydroxyl groups is 2. The summed E-state index contributed by atoms with van der Waals surface area (Å²) >= 11 is 0. The first kappa shape index (κ1) is 21.7. The number of halogens is 3. The number of oxazole rings is 1. The summed E-state index contributed by atoms with van der Waals surface area (Å²) in [5.74, 6) is 0.758. The Hall–Kier alpha value is -3.04. The molecule has 0 fully saturated rings. The van der Waals surface area contributed by atoms with E-state index in [-0.39, 0.29) is 18.7 Å². The molecule has 0 amide bonds. The minimum atomic E-state index is -4.39. The van der Waals surface area contributed by atoms with E-state index in [2.05, 4.69) is 9.97 Å². The summed E-state index contributed by atoms with van der Waals surface area (Å²) in [6, 6.07) is 8.12. The number of aliphatic hydroxyl groups excluding tert-OH is 2. The van der Waals surface area contributed by atoms with Crippen molar-refractivity contribution in [1.82, 2.24) is 9.97 Å². The van der Waals surface area contributed by atoms with E-state index < -0.39 is 17.8 Å². The Morgan fingerprint density at radius 1 is 1.07 bits per heavy atom. The summed E-state index contributed by atoms with van der Waals surface area (Å²) in [4.78, 5) is 8.40. The topological polar surface area (TPSA) is 103 Å². The molecule has 0 spiro atoms. The quantitative estimate of drug-likeness (QED) is 0.481. The molecule has 1 aromatic carbocycles. The van der Waals surface area contributed by atoms with Gasteiger partial charge in [0.2, 0.25) is 0 Å². The summed E-state index contributed by atoms with van der Waals surface area (Å²) in [5, 5.41) is 26.2. The van der Waals surface area contributed by atoms with Crippen LogP contribution in [0.3, 0.4) is 0 Å². The number of benzene rings is 1. The van der Waals surface area contributed by atoms with Crippen molar-refractivity contribution < 1.29 is 27.8 Å². The summed E-state index contributed by atoms with van der Waals surface area (Å²) in [6.45, 7) is -0.343. The molecule has 0 saturated heterocycles. The van der Waals surface area contributed by atoms with Gasteiger partial charge in [0.15, 0.2) is 11.7 Å². The van der Waals surface area contributed by atoms with Crippen LogP contribution in [0.1, 0.15) is 35.6 Å². The number of nitrogens with one attached hydrogen (secondary N) is 1. The predicted molar refractivity (Wildman–Crippen MR) is 103 cm³/mol. The molecule has 1 atom stereocenters. The van der Waals surface area contributed by atoms with Crippen molar-refractivity contribution in [3.8, 4) is 11.3 Å². The zero-order valence-corrected chi connectivity index (χ0v) is 15.9. The summed E-state index contributed by atoms with van der Waals surface area (Å²) in [5.41, 5.74) is 1.29. The van der Waals surface area contributed by atoms with Crippen molar-refractivity contribution in [1.29, 1.82) is 5.41 Å². The van der Waals surface area contributed by atoms with Crippen LogP contribution in [0.4, 0.5) is 13.2 Å². The van der Waals surface area contributed by atoms with E-state index in [9.17, 15) is 18.3 Å². The molecule has 0 radical (unpaired) electrons. The van der Waals surface area contributed by atoms with Gasteiger partial charge in [-0.05, 0) is 36.6 Å². The Kier molecular flexibility index (Phi) is 6.63. The van der Waals surface area contributed by atoms with Crippen molar-refractivity contribution in [3.63, 3.8) is 0 Å². The number of hydrogen-bond donors (Lipinski definition) is 3. The molecule has 0 aliphatic carbocycles. The highest BCUT2D eigenvalue weighted by atomic mass is 19.4. The first-order valence-electron chi connectivity index (χ1n) is 9.20. The molecule has 3 aromatic rings. The van der Waals surface area contributed by atoms with E-state index in [1.165, 1.54) is 18.3 Å². The van der Waals surface area contributed by atoms with Crippen LogP contribution in [0.25, 0.3) is 11.3 Å². The van der Waals surface area contributed by atoms with Gasteiger partial charge in [-0.2, -0.15) is 13.2 Å². The third-order valence-electron chi connectivity index (χ3n) is 4.48. The highest BCUT2D eigenvalue weighted by molar-refractivity contribution is 5.96. The molecule has 30 heavy (non-hydrogen) atoms. The maximum atomic E-state index is 12.7. The van der Waals surface area contributed by atoms with E-state index in [4.69, 9.17) is 14.9 Å². The normalized spacial score (nSPS) is 12.7. The minimum Gasteiger partial charge on any atom is -0.440 e. The molecule has 3 N–H and O–H groups in total. The predicted octanol–water partition coefficient (Wildman–Crippen LogP) is 3.85. The Bertz CT molecular complexity index is 983. The van der Waals surface area contributed by atoms with Crippen LogP contribution < -0.4 is 0 Å². The van der Waals surface area contributed by atoms with Gasteiger partial charge >= 0.3 is 6.18 Å². The zero-order chi connectivity index (χ0) is 21.7. The van der Waals surface area contributed by atoms with Crippen molar-refractivity contribution >= 4 is 5.71 Å². The second-order valence-electron chi connectivity index (χ2n) is 6.78. The lowest BCUT2D eigenvalue weighted by Crippen LogP contribution is -2.14. The maximum absolute atomic E-state index is 12.7. The van der Waals surface area contributed by atoms with Crippen molar-refractivity contribution in [2.24, 2.45) is 0 Å². The van der Waals surface area contributed by atoms with Gasteiger partial charge in [-0.3, -0.25) is 4.98 Å². The van der Waals surface area contributed by atoms with Gasteiger partial charge < -0.3 is 20.0 Å². The second-order valence-corrected chi connectivity index (χ2v) is 6.78. The molecule has 6 nitrogen and oxygen atoms in total. The van der Waals surface area contributed by atoms with Crippen LogP contribution in [0.2, 0.25) is 0 Å². The van der Waals surface area contributed by atoms with Crippen LogP contribution in [0, 0.1) is 5.41 Å². The Labute approximate surface area is 170 Å². The molecule has 2 heterocycles. The van der Waals surface area contributed by atoms with Crippen molar-refractivity contribution in [2.75, 3.05) is 6.61 Å². The van der Waals surface area contributed by atoms with Crippen molar-refractivity contribution in [3.05, 3.63) is 71.5 Å². The summed E-state index contributed by atoms with van der Waals surface area (Å²) in [6.07, 6.45) is -1.28. The lowest BCUT2D eigenvalue weighted by atomic mass is 10.1. The molecule has 0 bridgehead atoms. The molecular formula is C21H20F3N3O3. The van der Waals surface area contributed by atoms with Gasteiger partial charge in [-0.15, -0.1) is 0 Å². The smallest absolute Gasteiger partial charge is 0.416 e. The highest BCUT2D eigenvalue weighted by Crippen LogP contribution is 2.31. The van der Waals surface area contributed by atoms with Gasteiger partial charge in [0.25, 0.3) is 0 Å². The minimum absolute atomic E-state index is 0.259. The maximum Gasteiger partial charge on any atom is 0.416 e. The average Bonchev–Trinajstić information content (AvgIpc) is 3.20. The number of pyridine rings is 1. The monoisotopic (exact) mass is 419 g/mol. The second kappa shape index (κ2) is 9.19. The highest BCUT2D eigenvalue weighted by Gasteiger charge is 2.30. The third-order valence-corrected chi connectivity index (χ3v) is 4.48. The molecule has 3 rings (SSSR count). The molecule has 1 unspecified atom stereocenters. The van der Waals surface area contributed by atoms with Crippen LogP contribution in [0.15, 0.2) is 53.2 Å². The van der Waals surface area contributed by atoms with E-state index in [0.29, 0.717) is 35.7 Å². The fourth-order valence-electron chi connectivity index (χ4n) is 2.76. The van der Waals surface area contributed by atoms with E-state index in [1.54, 1.807) is 18.3 Å². The standard InChI is InChI=1S/C21H20F3N3O3/c22-21(23,24)15-4-2-14(3-5-15)19-11-27-20(30-19)9-13-1-8-18(26-10-13)17(25)7-6-16(29)12-28/h1-5,8,10-11,16,25,28-29H,6-7,9,12H2. The number of alkyl halides is 3. The van der Waals surface area contributed by atoms with Crippen LogP contribution in [-0.4, -0.2) is 38.6 Å². The Morgan fingerprint density at radius 2 is 1.80 bits per heavy atom. The number of hydrogen-bond acceptors (Lipinski definition) is 6. The van der Waals surface area contributed by atoms with Gasteiger partial charge in [0.1, 0.15) is 0 Å². The molecular weight excluding hydrogens is 399 g/mol. The van der Waals surface area contributed by atoms with Gasteiger partial charge in [-0.25, -0.2) is 4.98 Å². The van der Waals surface area contributed by atoms with E-state index >= 15 is 0 Å².